The molecule has 1 atom stereocenters. The monoisotopic (exact) mass is 283 g/mol. The van der Waals surface area contributed by atoms with E-state index in [4.69, 9.17) is 11.6 Å². The molecule has 1 aliphatic carbocycles. The van der Waals surface area contributed by atoms with Gasteiger partial charge in [-0.15, -0.1) is 0 Å². The summed E-state index contributed by atoms with van der Waals surface area (Å²) in [5.41, 5.74) is 0.667. The predicted octanol–water partition coefficient (Wildman–Crippen LogP) is 3.30. The zero-order chi connectivity index (χ0) is 14.0. The normalized spacial score (nSPS) is 22.2. The lowest BCUT2D eigenvalue weighted by atomic mass is 9.73. The van der Waals surface area contributed by atoms with Crippen LogP contribution in [0.2, 0.25) is 5.02 Å². The first-order chi connectivity index (χ1) is 8.95. The number of aromatic nitrogens is 2. The van der Waals surface area contributed by atoms with Crippen molar-refractivity contribution in [3.63, 3.8) is 0 Å². The Morgan fingerprint density at radius 1 is 1.53 bits per heavy atom. The van der Waals surface area contributed by atoms with Gasteiger partial charge in [-0.25, -0.2) is 4.68 Å². The minimum absolute atomic E-state index is 0.220. The summed E-state index contributed by atoms with van der Waals surface area (Å²) >= 11 is 6.15. The quantitative estimate of drug-likeness (QED) is 0.926. The third kappa shape index (κ3) is 2.94. The largest absolute Gasteiger partial charge is 0.379 e. The molecule has 1 fully saturated rings. The van der Waals surface area contributed by atoms with E-state index in [1.54, 1.807) is 6.20 Å². The van der Waals surface area contributed by atoms with Gasteiger partial charge in [-0.05, 0) is 25.2 Å². The molecule has 2 rings (SSSR count). The molecular weight excluding hydrogens is 262 g/mol. The van der Waals surface area contributed by atoms with E-state index in [-0.39, 0.29) is 16.0 Å². The molecule has 1 heterocycles. The lowest BCUT2D eigenvalue weighted by Crippen LogP contribution is -2.39. The van der Waals surface area contributed by atoms with Gasteiger partial charge in [-0.2, -0.15) is 5.10 Å². The molecule has 0 bridgehead atoms. The van der Waals surface area contributed by atoms with Gasteiger partial charge in [0.25, 0.3) is 5.56 Å². The van der Waals surface area contributed by atoms with E-state index in [1.165, 1.54) is 23.9 Å². The summed E-state index contributed by atoms with van der Waals surface area (Å²) < 4.78 is 1.37. The van der Waals surface area contributed by atoms with Crippen molar-refractivity contribution in [3.05, 3.63) is 21.6 Å². The Balaban J connectivity index is 2.24. The second kappa shape index (κ2) is 5.53. The topological polar surface area (TPSA) is 46.9 Å². The average molecular weight is 284 g/mol. The van der Waals surface area contributed by atoms with Gasteiger partial charge in [-0.3, -0.25) is 4.79 Å². The standard InChI is InChI=1S/C14H22ClN3O/c1-4-18-13(19)12(15)10(9-16-18)17-11-7-5-6-8-14(11,2)3/h9,11,17H,4-8H2,1-3H3. The molecule has 106 valence electrons. The van der Waals surface area contributed by atoms with Gasteiger partial charge in [0.15, 0.2) is 0 Å². The third-order valence-electron chi connectivity index (χ3n) is 4.12. The molecule has 0 spiro atoms. The van der Waals surface area contributed by atoms with Crippen molar-refractivity contribution in [1.29, 1.82) is 0 Å². The maximum atomic E-state index is 12.0. The van der Waals surface area contributed by atoms with Crippen molar-refractivity contribution in [1.82, 2.24) is 9.78 Å². The Bertz CT molecular complexity index is 510. The Morgan fingerprint density at radius 2 is 2.26 bits per heavy atom. The smallest absolute Gasteiger partial charge is 0.287 e. The van der Waals surface area contributed by atoms with Crippen LogP contribution < -0.4 is 10.9 Å². The molecular formula is C14H22ClN3O. The molecule has 0 amide bonds. The molecule has 1 saturated carbocycles. The van der Waals surface area contributed by atoms with Crippen molar-refractivity contribution < 1.29 is 0 Å². The molecule has 19 heavy (non-hydrogen) atoms. The SMILES string of the molecule is CCn1ncc(NC2CCCCC2(C)C)c(Cl)c1=O. The Hall–Kier alpha value is -1.03. The highest BCUT2D eigenvalue weighted by Crippen LogP contribution is 2.37. The van der Waals surface area contributed by atoms with E-state index in [2.05, 4.69) is 24.3 Å². The molecule has 0 saturated heterocycles. The van der Waals surface area contributed by atoms with E-state index in [9.17, 15) is 4.79 Å². The van der Waals surface area contributed by atoms with E-state index in [0.717, 1.165) is 6.42 Å². The highest BCUT2D eigenvalue weighted by molar-refractivity contribution is 6.32. The van der Waals surface area contributed by atoms with Crippen LogP contribution in [0.3, 0.4) is 0 Å². The van der Waals surface area contributed by atoms with Crippen LogP contribution in [0.15, 0.2) is 11.0 Å². The van der Waals surface area contributed by atoms with E-state index in [1.807, 2.05) is 6.92 Å². The van der Waals surface area contributed by atoms with Gasteiger partial charge in [0, 0.05) is 12.6 Å². The van der Waals surface area contributed by atoms with Crippen LogP contribution in [0.25, 0.3) is 0 Å². The first-order valence-corrected chi connectivity index (χ1v) is 7.35. The van der Waals surface area contributed by atoms with Crippen molar-refractivity contribution >= 4 is 17.3 Å². The number of hydrogen-bond acceptors (Lipinski definition) is 3. The van der Waals surface area contributed by atoms with Crippen LogP contribution in [0.4, 0.5) is 5.69 Å². The summed E-state index contributed by atoms with van der Waals surface area (Å²) in [5, 5.41) is 7.80. The van der Waals surface area contributed by atoms with Crippen molar-refractivity contribution in [3.8, 4) is 0 Å². The molecule has 1 N–H and O–H groups in total. The first-order valence-electron chi connectivity index (χ1n) is 6.98. The van der Waals surface area contributed by atoms with Crippen molar-refractivity contribution in [2.24, 2.45) is 5.41 Å². The highest BCUT2D eigenvalue weighted by Gasteiger charge is 2.32. The minimum atomic E-state index is -0.220. The van der Waals surface area contributed by atoms with E-state index in [0.29, 0.717) is 18.3 Å². The van der Waals surface area contributed by atoms with Gasteiger partial charge < -0.3 is 5.32 Å². The van der Waals surface area contributed by atoms with Gasteiger partial charge >= 0.3 is 0 Å². The molecule has 1 aromatic rings. The zero-order valence-electron chi connectivity index (χ0n) is 11.9. The van der Waals surface area contributed by atoms with Crippen LogP contribution >= 0.6 is 11.6 Å². The summed E-state index contributed by atoms with van der Waals surface area (Å²) in [4.78, 5) is 12.0. The van der Waals surface area contributed by atoms with Crippen LogP contribution in [0, 0.1) is 5.41 Å². The summed E-state index contributed by atoms with van der Waals surface area (Å²) in [5.74, 6) is 0. The van der Waals surface area contributed by atoms with Gasteiger partial charge in [-0.1, -0.05) is 38.3 Å². The lowest BCUT2D eigenvalue weighted by molar-refractivity contribution is 0.217. The second-order valence-electron chi connectivity index (χ2n) is 5.92. The number of anilines is 1. The second-order valence-corrected chi connectivity index (χ2v) is 6.30. The van der Waals surface area contributed by atoms with Crippen LogP contribution in [0.1, 0.15) is 46.5 Å². The molecule has 0 radical (unpaired) electrons. The molecule has 0 aromatic carbocycles. The van der Waals surface area contributed by atoms with Crippen LogP contribution in [-0.4, -0.2) is 15.8 Å². The number of rotatable bonds is 3. The summed E-state index contributed by atoms with van der Waals surface area (Å²) in [6.45, 7) is 6.94. The number of halogens is 1. The molecule has 4 nitrogen and oxygen atoms in total. The predicted molar refractivity (Wildman–Crippen MR) is 78.8 cm³/mol. The van der Waals surface area contributed by atoms with Crippen LogP contribution in [0.5, 0.6) is 0 Å². The lowest BCUT2D eigenvalue weighted by Gasteiger charge is -2.39. The van der Waals surface area contributed by atoms with Crippen LogP contribution in [-0.2, 0) is 6.54 Å². The maximum absolute atomic E-state index is 12.0. The highest BCUT2D eigenvalue weighted by atomic mass is 35.5. The summed E-state index contributed by atoms with van der Waals surface area (Å²) in [6.07, 6.45) is 6.46. The number of nitrogens with zero attached hydrogens (tertiary/aromatic N) is 2. The Labute approximate surface area is 119 Å². The fraction of sp³-hybridized carbons (Fsp3) is 0.714. The Kier molecular flexibility index (Phi) is 4.19. The third-order valence-corrected chi connectivity index (χ3v) is 4.49. The van der Waals surface area contributed by atoms with Crippen molar-refractivity contribution in [2.75, 3.05) is 5.32 Å². The molecule has 1 aromatic heterocycles. The van der Waals surface area contributed by atoms with Crippen molar-refractivity contribution in [2.45, 2.75) is 59.0 Å². The fourth-order valence-corrected chi connectivity index (χ4v) is 2.94. The zero-order valence-corrected chi connectivity index (χ0v) is 12.6. The minimum Gasteiger partial charge on any atom is -0.379 e. The van der Waals surface area contributed by atoms with E-state index >= 15 is 0 Å². The number of nitrogens with one attached hydrogen (secondary N) is 1. The Morgan fingerprint density at radius 3 is 2.89 bits per heavy atom. The van der Waals surface area contributed by atoms with Gasteiger partial charge in [0.05, 0.1) is 11.9 Å². The number of aryl methyl sites for hydroxylation is 1. The molecule has 0 aliphatic heterocycles. The molecule has 1 unspecified atom stereocenters. The first kappa shape index (κ1) is 14.4. The average Bonchev–Trinajstić information content (AvgIpc) is 2.37. The molecule has 5 heteroatoms. The van der Waals surface area contributed by atoms with Gasteiger partial charge in [0.2, 0.25) is 0 Å². The number of hydrogen-bond donors (Lipinski definition) is 1. The van der Waals surface area contributed by atoms with Gasteiger partial charge in [0.1, 0.15) is 5.02 Å². The molecule has 1 aliphatic rings. The maximum Gasteiger partial charge on any atom is 0.287 e. The summed E-state index contributed by atoms with van der Waals surface area (Å²) in [7, 11) is 0. The fourth-order valence-electron chi connectivity index (χ4n) is 2.74. The summed E-state index contributed by atoms with van der Waals surface area (Å²) in [6, 6.07) is 0.345. The van der Waals surface area contributed by atoms with E-state index < -0.39 is 0 Å².